The van der Waals surface area contributed by atoms with Crippen molar-refractivity contribution in [1.29, 1.82) is 0 Å². The predicted molar refractivity (Wildman–Crippen MR) is 88.7 cm³/mol. The third-order valence-electron chi connectivity index (χ3n) is 3.91. The number of hydrogen-bond acceptors (Lipinski definition) is 5. The molecule has 0 unspecified atom stereocenters. The third kappa shape index (κ3) is 3.14. The molecule has 1 aromatic rings. The molecule has 0 saturated carbocycles. The molecule has 1 aromatic carbocycles. The number of fused-ring (bicyclic) bond motifs is 1. The van der Waals surface area contributed by atoms with E-state index in [0.717, 1.165) is 17.0 Å². The Hall–Kier alpha value is -1.62. The Morgan fingerprint density at radius 2 is 2.04 bits per heavy atom. The zero-order valence-electron chi connectivity index (χ0n) is 12.4. The van der Waals surface area contributed by atoms with Gasteiger partial charge in [-0.25, -0.2) is 22.5 Å². The van der Waals surface area contributed by atoms with Crippen LogP contribution in [0.2, 0.25) is 5.02 Å². The van der Waals surface area contributed by atoms with Gasteiger partial charge in [0.2, 0.25) is 10.0 Å². The summed E-state index contributed by atoms with van der Waals surface area (Å²) in [6, 6.07) is 0.0808. The van der Waals surface area contributed by atoms with Gasteiger partial charge in [-0.2, -0.15) is 0 Å². The van der Waals surface area contributed by atoms with Crippen LogP contribution in [0.1, 0.15) is 6.42 Å². The van der Waals surface area contributed by atoms with Crippen LogP contribution in [0.3, 0.4) is 0 Å². The van der Waals surface area contributed by atoms with E-state index in [2.05, 4.69) is 4.72 Å². The van der Waals surface area contributed by atoms with Crippen molar-refractivity contribution < 1.29 is 27.5 Å². The van der Waals surface area contributed by atoms with Gasteiger partial charge in [0, 0.05) is 13.0 Å². The van der Waals surface area contributed by atoms with E-state index in [1.807, 2.05) is 0 Å². The van der Waals surface area contributed by atoms with Crippen LogP contribution in [0.4, 0.5) is 20.6 Å². The van der Waals surface area contributed by atoms with Gasteiger partial charge < -0.3 is 10.0 Å². The van der Waals surface area contributed by atoms with Gasteiger partial charge in [-0.05, 0) is 12.1 Å². The monoisotopic (exact) mass is 411 g/mol. The second kappa shape index (κ2) is 6.27. The number of urea groups is 1. The number of carbonyl (C=O) groups excluding carboxylic acids is 2. The Labute approximate surface area is 152 Å². The first-order valence-corrected chi connectivity index (χ1v) is 9.59. The second-order valence-electron chi connectivity index (χ2n) is 5.62. The Bertz CT molecular complexity index is 841. The van der Waals surface area contributed by atoms with E-state index in [4.69, 9.17) is 23.2 Å². The van der Waals surface area contributed by atoms with E-state index >= 15 is 0 Å². The third-order valence-corrected chi connectivity index (χ3v) is 5.90. The van der Waals surface area contributed by atoms with Crippen molar-refractivity contribution in [1.82, 2.24) is 4.90 Å². The van der Waals surface area contributed by atoms with E-state index in [-0.39, 0.29) is 23.7 Å². The lowest BCUT2D eigenvalue weighted by Gasteiger charge is -2.18. The molecule has 3 rings (SSSR count). The highest BCUT2D eigenvalue weighted by atomic mass is 35.5. The number of imide groups is 1. The summed E-state index contributed by atoms with van der Waals surface area (Å²) in [5.74, 6) is -1.67. The van der Waals surface area contributed by atoms with E-state index in [0.29, 0.717) is 4.90 Å². The molecule has 2 aliphatic heterocycles. The van der Waals surface area contributed by atoms with Gasteiger partial charge in [0.15, 0.2) is 0 Å². The Kier molecular flexibility index (Phi) is 4.56. The fourth-order valence-electron chi connectivity index (χ4n) is 2.83. The van der Waals surface area contributed by atoms with Crippen LogP contribution in [-0.4, -0.2) is 54.3 Å². The first-order chi connectivity index (χ1) is 11.6. The van der Waals surface area contributed by atoms with Crippen molar-refractivity contribution >= 4 is 56.5 Å². The number of aliphatic hydroxyl groups is 1. The number of alkyl halides is 1. The molecule has 8 nitrogen and oxygen atoms in total. The zero-order valence-corrected chi connectivity index (χ0v) is 14.8. The van der Waals surface area contributed by atoms with Gasteiger partial charge in [-0.3, -0.25) is 9.52 Å². The summed E-state index contributed by atoms with van der Waals surface area (Å²) in [6.07, 6.45) is -0.761. The molecule has 0 bridgehead atoms. The minimum absolute atomic E-state index is 0.0350. The number of benzene rings is 1. The molecule has 2 aliphatic rings. The van der Waals surface area contributed by atoms with Gasteiger partial charge in [0.05, 0.1) is 22.5 Å². The van der Waals surface area contributed by atoms with Crippen LogP contribution in [0, 0.1) is 5.82 Å². The molecule has 0 spiro atoms. The fraction of sp³-hybridized carbons (Fsp3) is 0.385. The van der Waals surface area contributed by atoms with E-state index in [1.165, 1.54) is 0 Å². The highest BCUT2D eigenvalue weighted by Gasteiger charge is 2.51. The summed E-state index contributed by atoms with van der Waals surface area (Å²) in [6.45, 7) is -0.0350. The topological polar surface area (TPSA) is 107 Å². The van der Waals surface area contributed by atoms with Gasteiger partial charge >= 0.3 is 6.03 Å². The maximum Gasteiger partial charge on any atom is 0.332 e. The van der Waals surface area contributed by atoms with Gasteiger partial charge in [-0.1, -0.05) is 11.6 Å². The second-order valence-corrected chi connectivity index (χ2v) is 8.34. The molecule has 2 heterocycles. The average Bonchev–Trinajstić information content (AvgIpc) is 3.01. The Morgan fingerprint density at radius 1 is 1.36 bits per heavy atom. The number of rotatable bonds is 4. The van der Waals surface area contributed by atoms with Gasteiger partial charge in [0.1, 0.15) is 17.1 Å². The maximum absolute atomic E-state index is 14.3. The van der Waals surface area contributed by atoms with Gasteiger partial charge in [-0.15, -0.1) is 11.6 Å². The fourth-order valence-corrected chi connectivity index (χ4v) is 3.81. The Morgan fingerprint density at radius 3 is 2.64 bits per heavy atom. The molecule has 136 valence electrons. The number of carbonyl (C=O) groups is 2. The van der Waals surface area contributed by atoms with Crippen molar-refractivity contribution in [2.75, 3.05) is 21.4 Å². The lowest BCUT2D eigenvalue weighted by molar-refractivity contribution is -0.119. The van der Waals surface area contributed by atoms with Crippen molar-refractivity contribution in [2.24, 2.45) is 0 Å². The van der Waals surface area contributed by atoms with Crippen molar-refractivity contribution in [3.8, 4) is 0 Å². The lowest BCUT2D eigenvalue weighted by atomic mass is 10.2. The summed E-state index contributed by atoms with van der Waals surface area (Å²) in [5.41, 5.74) is -0.651. The number of nitrogens with one attached hydrogen (secondary N) is 1. The molecule has 2 atom stereocenters. The molecule has 0 aliphatic carbocycles. The summed E-state index contributed by atoms with van der Waals surface area (Å²) in [5, 5.41) is 8.55. The van der Waals surface area contributed by atoms with E-state index in [1.54, 1.807) is 0 Å². The first-order valence-electron chi connectivity index (χ1n) is 7.02. The molecule has 0 radical (unpaired) electrons. The molecule has 3 amide bonds. The number of halogens is 3. The zero-order chi connectivity index (χ0) is 18.5. The van der Waals surface area contributed by atoms with Crippen LogP contribution in [0.15, 0.2) is 12.1 Å². The Balaban J connectivity index is 2.00. The van der Waals surface area contributed by atoms with Gasteiger partial charge in [0.25, 0.3) is 5.91 Å². The molecular formula is C13H12Cl2FN3O5S. The molecule has 0 aromatic heterocycles. The minimum atomic E-state index is -3.92. The number of hydrogen-bond donors (Lipinski definition) is 2. The molecule has 2 N–H and O–H groups in total. The summed E-state index contributed by atoms with van der Waals surface area (Å²) >= 11 is 11.1. The van der Waals surface area contributed by atoms with Crippen LogP contribution in [0.25, 0.3) is 0 Å². The van der Waals surface area contributed by atoms with Crippen molar-refractivity contribution in [2.45, 2.75) is 18.6 Å². The number of nitrogens with zero attached hydrogens (tertiary/aromatic N) is 2. The molecule has 2 saturated heterocycles. The van der Waals surface area contributed by atoms with Crippen molar-refractivity contribution in [3.05, 3.63) is 23.0 Å². The number of amides is 3. The van der Waals surface area contributed by atoms with Crippen LogP contribution in [-0.2, 0) is 14.8 Å². The highest BCUT2D eigenvalue weighted by Crippen LogP contribution is 2.36. The van der Waals surface area contributed by atoms with Crippen LogP contribution in [0.5, 0.6) is 0 Å². The van der Waals surface area contributed by atoms with Crippen molar-refractivity contribution in [3.63, 3.8) is 0 Å². The number of anilines is 2. The van der Waals surface area contributed by atoms with E-state index < -0.39 is 50.8 Å². The number of sulfonamides is 1. The molecule has 12 heteroatoms. The maximum atomic E-state index is 14.3. The normalized spacial score (nSPS) is 23.4. The number of aliphatic hydroxyl groups excluding tert-OH is 1. The quantitative estimate of drug-likeness (QED) is 0.573. The lowest BCUT2D eigenvalue weighted by Crippen LogP contribution is -2.35. The minimum Gasteiger partial charge on any atom is -0.391 e. The average molecular weight is 412 g/mol. The van der Waals surface area contributed by atoms with Crippen LogP contribution >= 0.6 is 23.2 Å². The van der Waals surface area contributed by atoms with Crippen LogP contribution < -0.4 is 9.62 Å². The SMILES string of the molecule is O=C1[C@@H]2C[C@@H](O)CN2C(=O)N1c1cc(NS(=O)(=O)CCl)c(Cl)cc1F. The summed E-state index contributed by atoms with van der Waals surface area (Å²) in [7, 11) is -3.92. The standard InChI is InChI=1S/C13H12Cl2FN3O5S/c14-5-25(23,24)17-9-3-10(8(16)2-7(9)15)19-12(21)11-1-6(20)4-18(11)13(19)22/h2-3,6,11,17,20H,1,4-5H2/t6-,11+/m1/s1. The first kappa shape index (κ1) is 18.2. The molecular weight excluding hydrogens is 400 g/mol. The summed E-state index contributed by atoms with van der Waals surface area (Å²) in [4.78, 5) is 26.6. The van der Waals surface area contributed by atoms with E-state index in [9.17, 15) is 27.5 Å². The highest BCUT2D eigenvalue weighted by molar-refractivity contribution is 7.93. The summed E-state index contributed by atoms with van der Waals surface area (Å²) < 4.78 is 39.5. The largest absolute Gasteiger partial charge is 0.391 e. The smallest absolute Gasteiger partial charge is 0.332 e. The molecule has 2 fully saturated rings. The predicted octanol–water partition coefficient (Wildman–Crippen LogP) is 1.32. The molecule has 25 heavy (non-hydrogen) atoms.